The highest BCUT2D eigenvalue weighted by Crippen LogP contribution is 2.35. The van der Waals surface area contributed by atoms with Gasteiger partial charge in [-0.05, 0) is 60.2 Å². The molecule has 2 aliphatic rings. The Kier molecular flexibility index (Phi) is 4.74. The van der Waals surface area contributed by atoms with Crippen molar-refractivity contribution in [3.63, 3.8) is 0 Å². The summed E-state index contributed by atoms with van der Waals surface area (Å²) in [4.78, 5) is 30.4. The van der Waals surface area contributed by atoms with E-state index in [4.69, 9.17) is 4.42 Å². The van der Waals surface area contributed by atoms with Crippen molar-refractivity contribution >= 4 is 17.4 Å². The maximum atomic E-state index is 13.6. The molecule has 3 heterocycles. The van der Waals surface area contributed by atoms with Gasteiger partial charge in [0.15, 0.2) is 0 Å². The highest BCUT2D eigenvalue weighted by molar-refractivity contribution is 6.35. The maximum absolute atomic E-state index is 13.6. The fourth-order valence-electron chi connectivity index (χ4n) is 4.40. The zero-order valence-corrected chi connectivity index (χ0v) is 17.7. The lowest BCUT2D eigenvalue weighted by Gasteiger charge is -2.31. The first-order chi connectivity index (χ1) is 15.0. The smallest absolute Gasteiger partial charge is 0.278 e. The van der Waals surface area contributed by atoms with Crippen LogP contribution in [0, 0.1) is 13.8 Å². The van der Waals surface area contributed by atoms with Gasteiger partial charge in [-0.2, -0.15) is 0 Å². The van der Waals surface area contributed by atoms with Crippen molar-refractivity contribution in [1.82, 2.24) is 9.80 Å². The molecule has 156 valence electrons. The molecule has 31 heavy (non-hydrogen) atoms. The average molecular weight is 412 g/mol. The SMILES string of the molecule is Cc1ccc(C2=C(N3CCc4ccccc4C3)C(=O)N(Cc3ccco3)C2=O)cc1C. The molecule has 5 nitrogen and oxygen atoms in total. The Morgan fingerprint density at radius 3 is 2.45 bits per heavy atom. The zero-order chi connectivity index (χ0) is 21.5. The van der Waals surface area contributed by atoms with Gasteiger partial charge in [-0.3, -0.25) is 14.5 Å². The number of aryl methyl sites for hydroxylation is 2. The van der Waals surface area contributed by atoms with Crippen LogP contribution < -0.4 is 0 Å². The quantitative estimate of drug-likeness (QED) is 0.602. The Bertz CT molecular complexity index is 1210. The van der Waals surface area contributed by atoms with Gasteiger partial charge >= 0.3 is 0 Å². The van der Waals surface area contributed by atoms with Gasteiger partial charge in [0.25, 0.3) is 11.8 Å². The van der Waals surface area contributed by atoms with E-state index in [1.165, 1.54) is 16.0 Å². The molecule has 0 N–H and O–H groups in total. The molecule has 5 heteroatoms. The Labute approximate surface area is 181 Å². The van der Waals surface area contributed by atoms with E-state index in [0.29, 0.717) is 30.1 Å². The summed E-state index contributed by atoms with van der Waals surface area (Å²) in [5.41, 5.74) is 6.52. The van der Waals surface area contributed by atoms with Crippen LogP contribution in [0.25, 0.3) is 5.57 Å². The van der Waals surface area contributed by atoms with E-state index in [2.05, 4.69) is 17.0 Å². The van der Waals surface area contributed by atoms with Crippen LogP contribution in [0.4, 0.5) is 0 Å². The molecule has 0 fully saturated rings. The third kappa shape index (κ3) is 3.36. The van der Waals surface area contributed by atoms with E-state index in [1.54, 1.807) is 18.4 Å². The molecule has 0 aliphatic carbocycles. The largest absolute Gasteiger partial charge is 0.467 e. The van der Waals surface area contributed by atoms with Gasteiger partial charge in [-0.1, -0.05) is 42.5 Å². The van der Waals surface area contributed by atoms with Crippen LogP contribution >= 0.6 is 0 Å². The number of carbonyl (C=O) groups excluding carboxylic acids is 2. The standard InChI is InChI=1S/C26H24N2O3/c1-17-9-10-20(14-18(17)2)23-24(27-12-11-19-6-3-4-7-21(19)15-27)26(30)28(25(23)29)16-22-8-5-13-31-22/h3-10,13-14H,11-12,15-16H2,1-2H3. The molecule has 3 aromatic rings. The van der Waals surface area contributed by atoms with E-state index in [1.807, 2.05) is 44.2 Å². The van der Waals surface area contributed by atoms with Crippen LogP contribution in [0.1, 0.15) is 33.6 Å². The third-order valence-electron chi connectivity index (χ3n) is 6.28. The molecule has 0 unspecified atom stereocenters. The van der Waals surface area contributed by atoms with Crippen LogP contribution in [0.2, 0.25) is 0 Å². The summed E-state index contributed by atoms with van der Waals surface area (Å²) in [5.74, 6) is 0.0684. The number of rotatable bonds is 4. The summed E-state index contributed by atoms with van der Waals surface area (Å²) in [5, 5.41) is 0. The van der Waals surface area contributed by atoms with Crippen LogP contribution in [0.15, 0.2) is 71.0 Å². The van der Waals surface area contributed by atoms with Gasteiger partial charge in [0.2, 0.25) is 0 Å². The molecule has 1 aromatic heterocycles. The first kappa shape index (κ1) is 19.4. The summed E-state index contributed by atoms with van der Waals surface area (Å²) in [6.45, 7) is 5.52. The maximum Gasteiger partial charge on any atom is 0.278 e. The number of carbonyl (C=O) groups is 2. The van der Waals surface area contributed by atoms with Gasteiger partial charge in [-0.25, -0.2) is 0 Å². The fraction of sp³-hybridized carbons (Fsp3) is 0.231. The molecule has 2 aromatic carbocycles. The van der Waals surface area contributed by atoms with Gasteiger partial charge < -0.3 is 9.32 Å². The molecule has 0 saturated heterocycles. The molecule has 2 amide bonds. The van der Waals surface area contributed by atoms with Gasteiger partial charge in [0, 0.05) is 13.1 Å². The molecular formula is C26H24N2O3. The van der Waals surface area contributed by atoms with Crippen molar-refractivity contribution in [3.05, 3.63) is 100 Å². The number of fused-ring (bicyclic) bond motifs is 1. The Hall–Kier alpha value is -3.60. The number of benzene rings is 2. The number of nitrogens with zero attached hydrogens (tertiary/aromatic N) is 2. The molecule has 0 bridgehead atoms. The van der Waals surface area contributed by atoms with Crippen molar-refractivity contribution in [2.75, 3.05) is 6.54 Å². The van der Waals surface area contributed by atoms with Crippen molar-refractivity contribution in [3.8, 4) is 0 Å². The summed E-state index contributed by atoms with van der Waals surface area (Å²) >= 11 is 0. The first-order valence-corrected chi connectivity index (χ1v) is 10.5. The van der Waals surface area contributed by atoms with E-state index in [-0.39, 0.29) is 18.4 Å². The van der Waals surface area contributed by atoms with Crippen LogP contribution in [-0.4, -0.2) is 28.2 Å². The van der Waals surface area contributed by atoms with Gasteiger partial charge in [-0.15, -0.1) is 0 Å². The van der Waals surface area contributed by atoms with E-state index in [9.17, 15) is 9.59 Å². The predicted octanol–water partition coefficient (Wildman–Crippen LogP) is 4.23. The van der Waals surface area contributed by atoms with Gasteiger partial charge in [0.05, 0.1) is 18.4 Å². The van der Waals surface area contributed by atoms with Crippen molar-refractivity contribution in [2.45, 2.75) is 33.4 Å². The Balaban J connectivity index is 1.59. The van der Waals surface area contributed by atoms with Crippen molar-refractivity contribution < 1.29 is 14.0 Å². The van der Waals surface area contributed by atoms with Crippen LogP contribution in [-0.2, 0) is 29.1 Å². The summed E-state index contributed by atoms with van der Waals surface area (Å²) in [6.07, 6.45) is 2.40. The van der Waals surface area contributed by atoms with Crippen molar-refractivity contribution in [1.29, 1.82) is 0 Å². The average Bonchev–Trinajstić information content (AvgIpc) is 3.38. The highest BCUT2D eigenvalue weighted by Gasteiger charge is 2.42. The predicted molar refractivity (Wildman–Crippen MR) is 118 cm³/mol. The minimum Gasteiger partial charge on any atom is -0.467 e. The number of hydrogen-bond acceptors (Lipinski definition) is 4. The molecular weight excluding hydrogens is 388 g/mol. The number of hydrogen-bond donors (Lipinski definition) is 0. The lowest BCUT2D eigenvalue weighted by atomic mass is 9.96. The van der Waals surface area contributed by atoms with E-state index in [0.717, 1.165) is 23.1 Å². The lowest BCUT2D eigenvalue weighted by Crippen LogP contribution is -2.37. The lowest BCUT2D eigenvalue weighted by molar-refractivity contribution is -0.138. The molecule has 2 aliphatic heterocycles. The molecule has 0 spiro atoms. The van der Waals surface area contributed by atoms with Gasteiger partial charge in [0.1, 0.15) is 11.5 Å². The Morgan fingerprint density at radius 1 is 0.903 bits per heavy atom. The Morgan fingerprint density at radius 2 is 1.71 bits per heavy atom. The van der Waals surface area contributed by atoms with Crippen LogP contribution in [0.3, 0.4) is 0 Å². The zero-order valence-electron chi connectivity index (χ0n) is 17.7. The molecule has 0 radical (unpaired) electrons. The number of imide groups is 1. The fourth-order valence-corrected chi connectivity index (χ4v) is 4.40. The van der Waals surface area contributed by atoms with E-state index < -0.39 is 0 Å². The second kappa shape index (κ2) is 7.58. The highest BCUT2D eigenvalue weighted by atomic mass is 16.3. The monoisotopic (exact) mass is 412 g/mol. The topological polar surface area (TPSA) is 53.8 Å². The third-order valence-corrected chi connectivity index (χ3v) is 6.28. The normalized spacial score (nSPS) is 16.3. The molecule has 0 atom stereocenters. The second-order valence-electron chi connectivity index (χ2n) is 8.24. The minimum atomic E-state index is -0.265. The molecule has 0 saturated carbocycles. The first-order valence-electron chi connectivity index (χ1n) is 10.5. The number of furan rings is 1. The second-order valence-corrected chi connectivity index (χ2v) is 8.24. The van der Waals surface area contributed by atoms with E-state index >= 15 is 0 Å². The van der Waals surface area contributed by atoms with Crippen LogP contribution in [0.5, 0.6) is 0 Å². The minimum absolute atomic E-state index is 0.132. The summed E-state index contributed by atoms with van der Waals surface area (Å²) in [7, 11) is 0. The summed E-state index contributed by atoms with van der Waals surface area (Å²) in [6, 6.07) is 17.8. The summed E-state index contributed by atoms with van der Waals surface area (Å²) < 4.78 is 5.42. The van der Waals surface area contributed by atoms with Crippen molar-refractivity contribution in [2.24, 2.45) is 0 Å². The number of amides is 2. The molecule has 5 rings (SSSR count).